The van der Waals surface area contributed by atoms with Crippen LogP contribution in [0.4, 0.5) is 0 Å². The molecule has 7 heteroatoms. The second-order valence-electron chi connectivity index (χ2n) is 4.89. The van der Waals surface area contributed by atoms with E-state index in [-0.39, 0.29) is 5.57 Å². The van der Waals surface area contributed by atoms with Crippen LogP contribution in [0.3, 0.4) is 0 Å². The molecule has 0 saturated carbocycles. The summed E-state index contributed by atoms with van der Waals surface area (Å²) in [6.45, 7) is 2.19. The van der Waals surface area contributed by atoms with E-state index in [1.165, 1.54) is 33.3 Å². The van der Waals surface area contributed by atoms with Gasteiger partial charge in [0, 0.05) is 5.57 Å². The topological polar surface area (TPSA) is 91.3 Å². The third-order valence-corrected chi connectivity index (χ3v) is 3.73. The van der Waals surface area contributed by atoms with Crippen LogP contribution in [0.15, 0.2) is 23.3 Å². The van der Waals surface area contributed by atoms with E-state index in [1.807, 2.05) is 0 Å². The fraction of sp³-hybridized carbons (Fsp3) is 0.571. The van der Waals surface area contributed by atoms with Crippen molar-refractivity contribution in [2.75, 3.05) is 27.4 Å². The van der Waals surface area contributed by atoms with Crippen LogP contribution >= 0.6 is 0 Å². The molecule has 2 rings (SSSR count). The van der Waals surface area contributed by atoms with Gasteiger partial charge in [-0.25, -0.2) is 4.79 Å². The molecule has 0 aromatic heterocycles. The zero-order chi connectivity index (χ0) is 15.6. The molecule has 0 amide bonds. The molecule has 1 fully saturated rings. The highest BCUT2D eigenvalue weighted by atomic mass is 16.7. The van der Waals surface area contributed by atoms with E-state index in [2.05, 4.69) is 0 Å². The van der Waals surface area contributed by atoms with Crippen LogP contribution in [0.2, 0.25) is 0 Å². The van der Waals surface area contributed by atoms with Crippen LogP contribution in [0.5, 0.6) is 0 Å². The first kappa shape index (κ1) is 15.7. The quantitative estimate of drug-likeness (QED) is 0.730. The summed E-state index contributed by atoms with van der Waals surface area (Å²) in [5.41, 5.74) is -1.24. The largest absolute Gasteiger partial charge is 0.468 e. The standard InChI is InChI=1S/C14H18O7/c1-14(13(17)19-3)9(15)5-4-8(10(14)11(16)18-2)12-20-6-7-21-12/h4-5,9,12,15H,6-7H2,1-3H3/t9-,14-/m0/s1. The Labute approximate surface area is 122 Å². The predicted octanol–water partition coefficient (Wildman–Crippen LogP) is -0.0611. The molecule has 0 bridgehead atoms. The predicted molar refractivity (Wildman–Crippen MR) is 70.0 cm³/mol. The molecule has 7 nitrogen and oxygen atoms in total. The summed E-state index contributed by atoms with van der Waals surface area (Å²) in [5, 5.41) is 10.2. The Bertz CT molecular complexity index is 501. The number of hydrogen-bond donors (Lipinski definition) is 1. The van der Waals surface area contributed by atoms with E-state index in [1.54, 1.807) is 0 Å². The van der Waals surface area contributed by atoms with Gasteiger partial charge in [-0.1, -0.05) is 12.2 Å². The molecular formula is C14H18O7. The molecule has 0 aromatic rings. The summed E-state index contributed by atoms with van der Waals surface area (Å²) in [7, 11) is 2.39. The summed E-state index contributed by atoms with van der Waals surface area (Å²) < 4.78 is 20.3. The molecule has 0 aromatic carbocycles. The zero-order valence-corrected chi connectivity index (χ0v) is 12.1. The molecule has 0 spiro atoms. The molecule has 0 unspecified atom stereocenters. The number of rotatable bonds is 3. The number of esters is 2. The van der Waals surface area contributed by atoms with E-state index in [9.17, 15) is 14.7 Å². The number of carbonyl (C=O) groups is 2. The third kappa shape index (κ3) is 2.48. The van der Waals surface area contributed by atoms with Crippen LogP contribution in [0.25, 0.3) is 0 Å². The summed E-state index contributed by atoms with van der Waals surface area (Å²) in [6.07, 6.45) is 0.928. The Morgan fingerprint density at radius 1 is 1.29 bits per heavy atom. The minimum Gasteiger partial charge on any atom is -0.468 e. The van der Waals surface area contributed by atoms with Crippen molar-refractivity contribution in [1.29, 1.82) is 0 Å². The van der Waals surface area contributed by atoms with Gasteiger partial charge in [-0.2, -0.15) is 0 Å². The Morgan fingerprint density at radius 2 is 1.90 bits per heavy atom. The average molecular weight is 298 g/mol. The number of hydrogen-bond acceptors (Lipinski definition) is 7. The molecule has 2 atom stereocenters. The molecule has 21 heavy (non-hydrogen) atoms. The van der Waals surface area contributed by atoms with Crippen LogP contribution in [0, 0.1) is 5.41 Å². The number of aliphatic hydroxyl groups excluding tert-OH is 1. The number of carbonyl (C=O) groups excluding carboxylic acids is 2. The fourth-order valence-corrected chi connectivity index (χ4v) is 2.52. The summed E-state index contributed by atoms with van der Waals surface area (Å²) in [4.78, 5) is 24.3. The Kier molecular flexibility index (Phi) is 4.46. The first-order chi connectivity index (χ1) is 9.96. The van der Waals surface area contributed by atoms with Crippen molar-refractivity contribution in [2.24, 2.45) is 5.41 Å². The lowest BCUT2D eigenvalue weighted by Gasteiger charge is -2.35. The lowest BCUT2D eigenvalue weighted by atomic mass is 9.71. The maximum atomic E-state index is 12.2. The van der Waals surface area contributed by atoms with E-state index in [4.69, 9.17) is 18.9 Å². The van der Waals surface area contributed by atoms with Crippen molar-refractivity contribution in [3.8, 4) is 0 Å². The second kappa shape index (κ2) is 5.97. The van der Waals surface area contributed by atoms with Crippen molar-refractivity contribution in [3.63, 3.8) is 0 Å². The van der Waals surface area contributed by atoms with Crippen molar-refractivity contribution in [2.45, 2.75) is 19.3 Å². The van der Waals surface area contributed by atoms with Gasteiger partial charge in [0.15, 0.2) is 6.29 Å². The highest BCUT2D eigenvalue weighted by molar-refractivity contribution is 6.00. The molecule has 1 N–H and O–H groups in total. The van der Waals surface area contributed by atoms with Gasteiger partial charge in [0.2, 0.25) is 0 Å². The van der Waals surface area contributed by atoms with Gasteiger partial charge in [0.25, 0.3) is 0 Å². The van der Waals surface area contributed by atoms with Gasteiger partial charge in [0.05, 0.1) is 39.1 Å². The van der Waals surface area contributed by atoms with Crippen LogP contribution in [0.1, 0.15) is 6.92 Å². The molecule has 1 aliphatic carbocycles. The van der Waals surface area contributed by atoms with Crippen LogP contribution < -0.4 is 0 Å². The van der Waals surface area contributed by atoms with Gasteiger partial charge in [0.1, 0.15) is 5.41 Å². The van der Waals surface area contributed by atoms with Crippen molar-refractivity contribution in [3.05, 3.63) is 23.3 Å². The van der Waals surface area contributed by atoms with Gasteiger partial charge in [-0.15, -0.1) is 0 Å². The summed E-state index contributed by atoms with van der Waals surface area (Å²) >= 11 is 0. The van der Waals surface area contributed by atoms with Gasteiger partial charge >= 0.3 is 11.9 Å². The van der Waals surface area contributed by atoms with E-state index < -0.39 is 29.7 Å². The van der Waals surface area contributed by atoms with E-state index in [0.29, 0.717) is 18.8 Å². The maximum Gasteiger partial charge on any atom is 0.335 e. The lowest BCUT2D eigenvalue weighted by molar-refractivity contribution is -0.158. The summed E-state index contributed by atoms with van der Waals surface area (Å²) in [5.74, 6) is -1.48. The van der Waals surface area contributed by atoms with Crippen molar-refractivity contribution < 1.29 is 33.6 Å². The third-order valence-electron chi connectivity index (χ3n) is 3.73. The molecule has 2 aliphatic rings. The molecule has 0 radical (unpaired) electrons. The lowest BCUT2D eigenvalue weighted by Crippen LogP contribution is -2.47. The molecule has 1 aliphatic heterocycles. The molecule has 1 saturated heterocycles. The highest BCUT2D eigenvalue weighted by Crippen LogP contribution is 2.41. The van der Waals surface area contributed by atoms with Crippen LogP contribution in [-0.4, -0.2) is 56.9 Å². The van der Waals surface area contributed by atoms with E-state index >= 15 is 0 Å². The second-order valence-corrected chi connectivity index (χ2v) is 4.89. The highest BCUT2D eigenvalue weighted by Gasteiger charge is 2.51. The molecular weight excluding hydrogens is 280 g/mol. The normalized spacial score (nSPS) is 29.6. The monoisotopic (exact) mass is 298 g/mol. The minimum absolute atomic E-state index is 0.0150. The van der Waals surface area contributed by atoms with Gasteiger partial charge in [-0.05, 0) is 6.92 Å². The first-order valence-corrected chi connectivity index (χ1v) is 6.47. The van der Waals surface area contributed by atoms with Crippen molar-refractivity contribution in [1.82, 2.24) is 0 Å². The summed E-state index contributed by atoms with van der Waals surface area (Å²) in [6, 6.07) is 0. The van der Waals surface area contributed by atoms with Crippen molar-refractivity contribution >= 4 is 11.9 Å². The molecule has 1 heterocycles. The zero-order valence-electron chi connectivity index (χ0n) is 12.1. The van der Waals surface area contributed by atoms with Gasteiger partial charge in [-0.3, -0.25) is 4.79 Å². The Hall–Kier alpha value is -1.70. The number of methoxy groups -OCH3 is 2. The Balaban J connectivity index is 2.59. The smallest absolute Gasteiger partial charge is 0.335 e. The van der Waals surface area contributed by atoms with E-state index in [0.717, 1.165) is 0 Å². The average Bonchev–Trinajstić information content (AvgIpc) is 3.02. The number of ether oxygens (including phenoxy) is 4. The number of aliphatic hydroxyl groups is 1. The molecule has 116 valence electrons. The first-order valence-electron chi connectivity index (χ1n) is 6.47. The minimum atomic E-state index is -1.58. The van der Waals surface area contributed by atoms with Crippen LogP contribution in [-0.2, 0) is 28.5 Å². The fourth-order valence-electron chi connectivity index (χ4n) is 2.52. The SMILES string of the molecule is COC(=O)C1=C(C2OCCO2)C=C[C@H](O)[C@]1(C)C(=O)OC. The Morgan fingerprint density at radius 3 is 2.43 bits per heavy atom. The van der Waals surface area contributed by atoms with Gasteiger partial charge < -0.3 is 24.1 Å². The maximum absolute atomic E-state index is 12.2.